The van der Waals surface area contributed by atoms with Gasteiger partial charge < -0.3 is 14.9 Å². The second kappa shape index (κ2) is 8.20. The van der Waals surface area contributed by atoms with Crippen LogP contribution in [0, 0.1) is 22.7 Å². The lowest BCUT2D eigenvalue weighted by Crippen LogP contribution is -2.75. The minimum absolute atomic E-state index is 0.116. The fourth-order valence-corrected chi connectivity index (χ4v) is 8.70. The van der Waals surface area contributed by atoms with E-state index < -0.39 is 63.6 Å². The van der Waals surface area contributed by atoms with E-state index in [9.17, 15) is 29.4 Å². The summed E-state index contributed by atoms with van der Waals surface area (Å²) in [5.74, 6) is -5.09. The first-order chi connectivity index (χ1) is 18.7. The molecule has 6 unspecified atom stereocenters. The molecule has 0 spiro atoms. The number of aliphatic hydroxyl groups is 2. The van der Waals surface area contributed by atoms with Gasteiger partial charge in [0, 0.05) is 11.5 Å². The van der Waals surface area contributed by atoms with Gasteiger partial charge in [-0.1, -0.05) is 44.2 Å². The van der Waals surface area contributed by atoms with E-state index in [1.165, 1.54) is 19.9 Å². The van der Waals surface area contributed by atoms with E-state index in [1.54, 1.807) is 32.1 Å². The zero-order chi connectivity index (χ0) is 29.2. The van der Waals surface area contributed by atoms with Gasteiger partial charge in [0.15, 0.2) is 11.6 Å². The molecule has 0 radical (unpaired) electrons. The average molecular weight is 545 g/mol. The van der Waals surface area contributed by atoms with Crippen LogP contribution in [-0.4, -0.2) is 45.1 Å². The van der Waals surface area contributed by atoms with Gasteiger partial charge in [0.1, 0.15) is 11.4 Å². The average Bonchev–Trinajstić information content (AvgIpc) is 3.22. The molecule has 7 rings (SSSR count). The van der Waals surface area contributed by atoms with Crippen molar-refractivity contribution in [3.8, 4) is 0 Å². The van der Waals surface area contributed by atoms with E-state index in [0.717, 1.165) is 24.0 Å². The van der Waals surface area contributed by atoms with Crippen LogP contribution in [0.2, 0.25) is 0 Å². The van der Waals surface area contributed by atoms with Gasteiger partial charge in [-0.25, -0.2) is 0 Å². The monoisotopic (exact) mass is 544 g/mol. The highest BCUT2D eigenvalue weighted by Gasteiger charge is 2.81. The number of allylic oxidation sites excluding steroid dienone is 4. The Morgan fingerprint density at radius 3 is 2.40 bits per heavy atom. The van der Waals surface area contributed by atoms with Crippen LogP contribution in [0.3, 0.4) is 0 Å². The molecule has 1 aliphatic heterocycles. The van der Waals surface area contributed by atoms with E-state index in [1.807, 2.05) is 12.1 Å². The molecule has 3 saturated carbocycles. The predicted octanol–water partition coefficient (Wildman–Crippen LogP) is 4.61. The number of hydrogen-bond acceptors (Lipinski definition) is 7. The first kappa shape index (κ1) is 27.0. The standard InChI is InChI=1S/C33H36O7/c1-7-8-9-12-19(34)21-22-24-25(32(5,26(21)36)33(6,39)27(22)37)31(4)28(38)23(35)20-16-11-10-15-30(2,3)18(16)14-13-17(20)29(31)40-24/h7-9,12-14,22,24-25,29,34,39H,10-11,15H2,1-6H3/b8-7+,12-9+,21-19-/t22?,24?,25?,29?,31?,32?,33-/m1/s1. The molecule has 6 aliphatic rings. The summed E-state index contributed by atoms with van der Waals surface area (Å²) in [5.41, 5.74) is -2.74. The number of carbonyl (C=O) groups excluding carboxylic acids is 4. The lowest BCUT2D eigenvalue weighted by molar-refractivity contribution is -0.199. The molecule has 210 valence electrons. The van der Waals surface area contributed by atoms with Gasteiger partial charge in [-0.3, -0.25) is 19.2 Å². The SMILES string of the molecule is C/C=C/C=C/C(O)=C1/C(=O)C2(C)C3C(OC4c5ccc6c(c5C(=O)C(=O)C43C)CCCC6(C)C)C1C(=O)[C@@]2(C)O. The number of aliphatic hydroxyl groups excluding tert-OH is 1. The lowest BCUT2D eigenvalue weighted by atomic mass is 9.40. The Bertz CT molecular complexity index is 1500. The number of carbonyl (C=O) groups is 4. The number of ether oxygens (including phenoxy) is 1. The highest BCUT2D eigenvalue weighted by Crippen LogP contribution is 2.71. The van der Waals surface area contributed by atoms with Crippen molar-refractivity contribution >= 4 is 23.1 Å². The van der Waals surface area contributed by atoms with Gasteiger partial charge in [0.25, 0.3) is 0 Å². The van der Waals surface area contributed by atoms with E-state index in [-0.39, 0.29) is 16.7 Å². The Balaban J connectivity index is 1.59. The zero-order valence-electron chi connectivity index (χ0n) is 23.8. The van der Waals surface area contributed by atoms with Crippen molar-refractivity contribution < 1.29 is 34.1 Å². The zero-order valence-corrected chi connectivity index (χ0v) is 23.8. The van der Waals surface area contributed by atoms with E-state index in [0.29, 0.717) is 17.5 Å². The van der Waals surface area contributed by atoms with Crippen molar-refractivity contribution in [3.63, 3.8) is 0 Å². The molecule has 7 heteroatoms. The maximum absolute atomic E-state index is 14.2. The van der Waals surface area contributed by atoms with Crippen LogP contribution in [0.1, 0.15) is 87.5 Å². The van der Waals surface area contributed by atoms with Gasteiger partial charge >= 0.3 is 0 Å². The summed E-state index contributed by atoms with van der Waals surface area (Å²) in [5, 5.41) is 22.6. The summed E-state index contributed by atoms with van der Waals surface area (Å²) in [6.07, 6.45) is 7.02. The quantitative estimate of drug-likeness (QED) is 0.242. The summed E-state index contributed by atoms with van der Waals surface area (Å²) in [7, 11) is 0. The number of fused-ring (bicyclic) bond motifs is 7. The molecule has 7 nitrogen and oxygen atoms in total. The van der Waals surface area contributed by atoms with Gasteiger partial charge in [-0.05, 0) is 75.1 Å². The van der Waals surface area contributed by atoms with Crippen LogP contribution < -0.4 is 0 Å². The molecule has 1 saturated heterocycles. The maximum Gasteiger partial charge on any atom is 0.229 e. The summed E-state index contributed by atoms with van der Waals surface area (Å²) < 4.78 is 6.64. The van der Waals surface area contributed by atoms with E-state index >= 15 is 0 Å². The Kier molecular flexibility index (Phi) is 5.54. The number of hydrogen-bond donors (Lipinski definition) is 2. The van der Waals surface area contributed by atoms with Gasteiger partial charge in [0.2, 0.25) is 11.6 Å². The first-order valence-electron chi connectivity index (χ1n) is 14.1. The molecular weight excluding hydrogens is 508 g/mol. The summed E-state index contributed by atoms with van der Waals surface area (Å²) in [4.78, 5) is 56.1. The molecule has 1 heterocycles. The Labute approximate surface area is 234 Å². The third kappa shape index (κ3) is 2.92. The molecule has 0 amide bonds. The highest BCUT2D eigenvalue weighted by atomic mass is 16.5. The van der Waals surface area contributed by atoms with Crippen LogP contribution in [0.4, 0.5) is 0 Å². The second-order valence-electron chi connectivity index (χ2n) is 13.3. The van der Waals surface area contributed by atoms with Crippen molar-refractivity contribution in [2.45, 2.75) is 84.0 Å². The predicted molar refractivity (Wildman–Crippen MR) is 147 cm³/mol. The van der Waals surface area contributed by atoms with Crippen molar-refractivity contribution in [3.05, 3.63) is 70.0 Å². The Hall–Kier alpha value is -3.16. The molecular formula is C33H36O7. The number of Topliss-reactive ketones (excluding diaryl/α,β-unsaturated/α-hetero) is 4. The van der Waals surface area contributed by atoms with E-state index in [2.05, 4.69) is 13.8 Å². The summed E-state index contributed by atoms with van der Waals surface area (Å²) >= 11 is 0. The van der Waals surface area contributed by atoms with Gasteiger partial charge in [-0.15, -0.1) is 0 Å². The Morgan fingerprint density at radius 1 is 1.02 bits per heavy atom. The molecule has 2 bridgehead atoms. The largest absolute Gasteiger partial charge is 0.508 e. The van der Waals surface area contributed by atoms with Crippen LogP contribution in [-0.2, 0) is 31.0 Å². The van der Waals surface area contributed by atoms with Crippen LogP contribution in [0.25, 0.3) is 0 Å². The number of rotatable bonds is 2. The fraction of sp³-hybridized carbons (Fsp3) is 0.515. The fourth-order valence-electron chi connectivity index (χ4n) is 8.70. The summed E-state index contributed by atoms with van der Waals surface area (Å²) in [6, 6.07) is 3.89. The van der Waals surface area contributed by atoms with Crippen molar-refractivity contribution in [2.75, 3.05) is 0 Å². The topological polar surface area (TPSA) is 118 Å². The third-order valence-electron chi connectivity index (χ3n) is 10.9. The second-order valence-corrected chi connectivity index (χ2v) is 13.3. The van der Waals surface area contributed by atoms with Crippen LogP contribution >= 0.6 is 0 Å². The van der Waals surface area contributed by atoms with Crippen molar-refractivity contribution in [1.29, 1.82) is 0 Å². The number of ketones is 4. The van der Waals surface area contributed by atoms with Gasteiger partial charge in [-0.2, -0.15) is 0 Å². The molecule has 40 heavy (non-hydrogen) atoms. The normalized spacial score (nSPS) is 40.9. The Morgan fingerprint density at radius 2 is 1.73 bits per heavy atom. The minimum atomic E-state index is -2.13. The lowest BCUT2D eigenvalue weighted by Gasteiger charge is -2.60. The minimum Gasteiger partial charge on any atom is -0.508 e. The third-order valence-corrected chi connectivity index (χ3v) is 10.9. The summed E-state index contributed by atoms with van der Waals surface area (Å²) in [6.45, 7) is 10.5. The molecule has 5 aliphatic carbocycles. The molecule has 7 atom stereocenters. The smallest absolute Gasteiger partial charge is 0.229 e. The van der Waals surface area contributed by atoms with Crippen LogP contribution in [0.15, 0.2) is 47.8 Å². The van der Waals surface area contributed by atoms with E-state index in [4.69, 9.17) is 4.74 Å². The van der Waals surface area contributed by atoms with Crippen molar-refractivity contribution in [1.82, 2.24) is 0 Å². The maximum atomic E-state index is 14.2. The van der Waals surface area contributed by atoms with Gasteiger partial charge in [0.05, 0.1) is 34.5 Å². The van der Waals surface area contributed by atoms with Crippen molar-refractivity contribution in [2.24, 2.45) is 22.7 Å². The molecule has 1 aromatic rings. The number of benzene rings is 1. The molecule has 2 N–H and O–H groups in total. The highest BCUT2D eigenvalue weighted by molar-refractivity contribution is 6.47. The van der Waals surface area contributed by atoms with Crippen LogP contribution in [0.5, 0.6) is 0 Å². The molecule has 1 aromatic carbocycles. The first-order valence-corrected chi connectivity index (χ1v) is 14.1. The molecule has 4 fully saturated rings. The molecule has 0 aromatic heterocycles.